The van der Waals surface area contributed by atoms with Crippen molar-refractivity contribution in [2.75, 3.05) is 20.1 Å². The Morgan fingerprint density at radius 1 is 1.41 bits per heavy atom. The van der Waals surface area contributed by atoms with Gasteiger partial charge in [0.05, 0.1) is 11.9 Å². The fourth-order valence-corrected chi connectivity index (χ4v) is 1.91. The van der Waals surface area contributed by atoms with Gasteiger partial charge < -0.3 is 15.7 Å². The van der Waals surface area contributed by atoms with Crippen molar-refractivity contribution in [3.8, 4) is 11.4 Å². The molecule has 0 saturated carbocycles. The van der Waals surface area contributed by atoms with E-state index in [2.05, 4.69) is 15.7 Å². The van der Waals surface area contributed by atoms with Crippen molar-refractivity contribution < 1.29 is 14.3 Å². The molecule has 120 valence electrons. The number of benzene rings is 1. The number of nitrogens with zero attached hydrogens (tertiary/aromatic N) is 2. The number of aromatic nitrogens is 2. The second-order valence-electron chi connectivity index (χ2n) is 4.60. The maximum absolute atomic E-state index is 13.1. The summed E-state index contributed by atoms with van der Waals surface area (Å²) in [7, 11) is 1.77. The smallest absolute Gasteiger partial charge is 0.275 e. The Hall–Kier alpha value is -2.12. The Morgan fingerprint density at radius 3 is 2.77 bits per heavy atom. The van der Waals surface area contributed by atoms with Crippen LogP contribution in [0.5, 0.6) is 5.75 Å². The van der Waals surface area contributed by atoms with Gasteiger partial charge in [0.2, 0.25) is 0 Å². The monoisotopic (exact) mass is 328 g/mol. The quantitative estimate of drug-likeness (QED) is 0.725. The molecule has 1 heterocycles. The third kappa shape index (κ3) is 3.96. The summed E-state index contributed by atoms with van der Waals surface area (Å²) >= 11 is 0. The van der Waals surface area contributed by atoms with Crippen molar-refractivity contribution in [3.63, 3.8) is 0 Å². The number of hydrogen-bond donors (Lipinski definition) is 3. The molecule has 0 unspecified atom stereocenters. The number of aryl methyl sites for hydroxylation is 1. The van der Waals surface area contributed by atoms with Crippen molar-refractivity contribution in [3.05, 3.63) is 41.5 Å². The van der Waals surface area contributed by atoms with Gasteiger partial charge in [-0.25, -0.2) is 9.07 Å². The predicted molar refractivity (Wildman–Crippen MR) is 83.4 cm³/mol. The van der Waals surface area contributed by atoms with Gasteiger partial charge in [-0.3, -0.25) is 4.79 Å². The Balaban J connectivity index is 0.00000242. The lowest BCUT2D eigenvalue weighted by molar-refractivity contribution is 0.0946. The summed E-state index contributed by atoms with van der Waals surface area (Å²) in [6.45, 7) is 2.77. The normalized spacial score (nSPS) is 10.1. The van der Waals surface area contributed by atoms with Crippen LogP contribution in [-0.4, -0.2) is 40.9 Å². The number of halogens is 2. The lowest BCUT2D eigenvalue weighted by atomic mass is 10.2. The minimum Gasteiger partial charge on any atom is -0.504 e. The molecule has 22 heavy (non-hydrogen) atoms. The molecule has 0 aliphatic rings. The summed E-state index contributed by atoms with van der Waals surface area (Å²) in [5, 5.41) is 19.4. The summed E-state index contributed by atoms with van der Waals surface area (Å²) in [6, 6.07) is 4.20. The highest BCUT2D eigenvalue weighted by Crippen LogP contribution is 2.20. The average Bonchev–Trinajstić information content (AvgIpc) is 2.80. The molecule has 0 radical (unpaired) electrons. The molecule has 1 aromatic heterocycles. The van der Waals surface area contributed by atoms with Gasteiger partial charge in [0, 0.05) is 13.1 Å². The maximum Gasteiger partial charge on any atom is 0.275 e. The van der Waals surface area contributed by atoms with Crippen LogP contribution in [0.3, 0.4) is 0 Å². The van der Waals surface area contributed by atoms with Crippen LogP contribution < -0.4 is 10.6 Å². The average molecular weight is 329 g/mol. The Morgan fingerprint density at radius 2 is 2.14 bits per heavy atom. The van der Waals surface area contributed by atoms with Gasteiger partial charge in [-0.2, -0.15) is 5.10 Å². The Kier molecular flexibility index (Phi) is 6.33. The van der Waals surface area contributed by atoms with Crippen LogP contribution in [0.25, 0.3) is 5.69 Å². The van der Waals surface area contributed by atoms with E-state index in [4.69, 9.17) is 0 Å². The molecule has 0 saturated heterocycles. The molecule has 6 nitrogen and oxygen atoms in total. The number of nitrogens with one attached hydrogen (secondary N) is 2. The summed E-state index contributed by atoms with van der Waals surface area (Å²) in [5.74, 6) is -1.03. The summed E-state index contributed by atoms with van der Waals surface area (Å²) < 4.78 is 14.5. The van der Waals surface area contributed by atoms with E-state index in [0.717, 1.165) is 0 Å². The largest absolute Gasteiger partial charge is 0.504 e. The fraction of sp³-hybridized carbons (Fsp3) is 0.286. The Labute approximate surface area is 133 Å². The second kappa shape index (κ2) is 7.77. The van der Waals surface area contributed by atoms with Crippen LogP contribution in [-0.2, 0) is 0 Å². The van der Waals surface area contributed by atoms with Gasteiger partial charge in [-0.1, -0.05) is 0 Å². The van der Waals surface area contributed by atoms with E-state index in [1.807, 2.05) is 0 Å². The highest BCUT2D eigenvalue weighted by molar-refractivity contribution is 5.94. The second-order valence-corrected chi connectivity index (χ2v) is 4.60. The van der Waals surface area contributed by atoms with Crippen LogP contribution in [0.1, 0.15) is 16.1 Å². The van der Waals surface area contributed by atoms with Gasteiger partial charge in [-0.05, 0) is 37.7 Å². The molecule has 2 aromatic rings. The SMILES string of the molecule is CNCCNC(=O)c1nn(-c2ccc(F)cc2C)cc1O.Cl. The van der Waals surface area contributed by atoms with Gasteiger partial charge in [-0.15, -0.1) is 12.4 Å². The zero-order valence-corrected chi connectivity index (χ0v) is 13.1. The molecule has 1 aromatic carbocycles. The molecule has 1 amide bonds. The number of rotatable bonds is 5. The molecule has 0 aliphatic heterocycles. The third-order valence-electron chi connectivity index (χ3n) is 2.98. The standard InChI is InChI=1S/C14H17FN4O2.ClH/c1-9-7-10(15)3-4-11(9)19-8-12(20)13(18-19)14(21)17-6-5-16-2;/h3-4,7-8,16,20H,5-6H2,1-2H3,(H,17,21);1H. The van der Waals surface area contributed by atoms with Gasteiger partial charge in [0.25, 0.3) is 5.91 Å². The topological polar surface area (TPSA) is 79.2 Å². The first-order valence-corrected chi connectivity index (χ1v) is 6.51. The van der Waals surface area contributed by atoms with Crippen LogP contribution in [0.2, 0.25) is 0 Å². The van der Waals surface area contributed by atoms with Gasteiger partial charge in [0.1, 0.15) is 5.82 Å². The lowest BCUT2D eigenvalue weighted by Gasteiger charge is -2.05. The molecule has 0 bridgehead atoms. The van der Waals surface area contributed by atoms with Crippen molar-refractivity contribution >= 4 is 18.3 Å². The zero-order valence-electron chi connectivity index (χ0n) is 12.3. The summed E-state index contributed by atoms with van der Waals surface area (Å²) in [4.78, 5) is 11.9. The van der Waals surface area contributed by atoms with Crippen molar-refractivity contribution in [1.82, 2.24) is 20.4 Å². The van der Waals surface area contributed by atoms with E-state index in [1.54, 1.807) is 20.0 Å². The summed E-state index contributed by atoms with van der Waals surface area (Å²) in [6.07, 6.45) is 1.33. The third-order valence-corrected chi connectivity index (χ3v) is 2.98. The number of hydrogen-bond acceptors (Lipinski definition) is 4. The van der Waals surface area contributed by atoms with Crippen LogP contribution >= 0.6 is 12.4 Å². The van der Waals surface area contributed by atoms with E-state index >= 15 is 0 Å². The molecule has 8 heteroatoms. The van der Waals surface area contributed by atoms with E-state index in [1.165, 1.54) is 23.0 Å². The first-order valence-electron chi connectivity index (χ1n) is 6.51. The molecule has 0 spiro atoms. The summed E-state index contributed by atoms with van der Waals surface area (Å²) in [5.41, 5.74) is 1.19. The highest BCUT2D eigenvalue weighted by atomic mass is 35.5. The zero-order chi connectivity index (χ0) is 15.4. The van der Waals surface area contributed by atoms with Crippen LogP contribution in [0.4, 0.5) is 4.39 Å². The van der Waals surface area contributed by atoms with Crippen molar-refractivity contribution in [2.45, 2.75) is 6.92 Å². The van der Waals surface area contributed by atoms with Crippen molar-refractivity contribution in [2.24, 2.45) is 0 Å². The molecular weight excluding hydrogens is 311 g/mol. The lowest BCUT2D eigenvalue weighted by Crippen LogP contribution is -2.30. The minimum absolute atomic E-state index is 0. The van der Waals surface area contributed by atoms with Crippen LogP contribution in [0, 0.1) is 12.7 Å². The first-order chi connectivity index (χ1) is 10.0. The number of likely N-dealkylation sites (N-methyl/N-ethyl adjacent to an activating group) is 1. The first kappa shape index (κ1) is 17.9. The number of carbonyl (C=O) groups excluding carboxylic acids is 1. The Bertz CT molecular complexity index is 660. The van der Waals surface area contributed by atoms with E-state index in [9.17, 15) is 14.3 Å². The highest BCUT2D eigenvalue weighted by Gasteiger charge is 2.17. The van der Waals surface area contributed by atoms with E-state index < -0.39 is 5.91 Å². The molecular formula is C14H18ClFN4O2. The van der Waals surface area contributed by atoms with E-state index in [0.29, 0.717) is 24.3 Å². The molecule has 0 atom stereocenters. The molecule has 0 fully saturated rings. The number of aromatic hydroxyl groups is 1. The predicted octanol–water partition coefficient (Wildman–Crippen LogP) is 1.40. The molecule has 3 N–H and O–H groups in total. The van der Waals surface area contributed by atoms with Crippen molar-refractivity contribution in [1.29, 1.82) is 0 Å². The minimum atomic E-state index is -0.457. The number of carbonyl (C=O) groups is 1. The maximum atomic E-state index is 13.1. The fourth-order valence-electron chi connectivity index (χ4n) is 1.91. The van der Waals surface area contributed by atoms with Crippen LogP contribution in [0.15, 0.2) is 24.4 Å². The molecule has 0 aliphatic carbocycles. The molecule has 2 rings (SSSR count). The van der Waals surface area contributed by atoms with E-state index in [-0.39, 0.29) is 29.7 Å². The number of amides is 1. The van der Waals surface area contributed by atoms with Gasteiger partial charge >= 0.3 is 0 Å². The van der Waals surface area contributed by atoms with Gasteiger partial charge in [0.15, 0.2) is 11.4 Å².